The molecule has 92 valence electrons. The van der Waals surface area contributed by atoms with E-state index in [1.165, 1.54) is 12.8 Å². The Morgan fingerprint density at radius 3 is 2.75 bits per heavy atom. The normalized spacial score (nSPS) is 20.4. The average Bonchev–Trinajstić information content (AvgIpc) is 2.79. The highest BCUT2D eigenvalue weighted by molar-refractivity contribution is 5.81. The van der Waals surface area contributed by atoms with Crippen molar-refractivity contribution in [2.45, 2.75) is 38.3 Å². The van der Waals surface area contributed by atoms with Crippen LogP contribution in [0.4, 0.5) is 0 Å². The van der Waals surface area contributed by atoms with Gasteiger partial charge in [0, 0.05) is 12.6 Å². The summed E-state index contributed by atoms with van der Waals surface area (Å²) in [5, 5.41) is 2.89. The number of nitrogens with one attached hydrogen (secondary N) is 1. The fourth-order valence-electron chi connectivity index (χ4n) is 1.98. The van der Waals surface area contributed by atoms with Crippen molar-refractivity contribution in [2.24, 2.45) is 5.73 Å². The van der Waals surface area contributed by atoms with Crippen molar-refractivity contribution in [1.29, 1.82) is 0 Å². The molecule has 0 aliphatic carbocycles. The highest BCUT2D eigenvalue weighted by atomic mass is 16.2. The third-order valence-corrected chi connectivity index (χ3v) is 3.09. The number of nitrogens with zero attached hydrogens (tertiary/aromatic N) is 1. The molecule has 16 heavy (non-hydrogen) atoms. The van der Waals surface area contributed by atoms with Gasteiger partial charge in [-0.3, -0.25) is 9.69 Å². The first-order valence-corrected chi connectivity index (χ1v) is 6.03. The molecule has 2 unspecified atom stereocenters. The molecular weight excluding hydrogens is 202 g/mol. The van der Waals surface area contributed by atoms with Crippen molar-refractivity contribution >= 4 is 5.91 Å². The molecule has 0 aromatic rings. The van der Waals surface area contributed by atoms with Gasteiger partial charge >= 0.3 is 0 Å². The van der Waals surface area contributed by atoms with E-state index in [2.05, 4.69) is 23.7 Å². The fraction of sp³-hybridized carbons (Fsp3) is 0.750. The van der Waals surface area contributed by atoms with Crippen LogP contribution in [0, 0.1) is 0 Å². The Morgan fingerprint density at radius 2 is 2.19 bits per heavy atom. The molecule has 4 nitrogen and oxygen atoms in total. The zero-order valence-electron chi connectivity index (χ0n) is 10.1. The minimum absolute atomic E-state index is 0.0778. The van der Waals surface area contributed by atoms with Gasteiger partial charge in [-0.2, -0.15) is 0 Å². The van der Waals surface area contributed by atoms with E-state index in [1.807, 2.05) is 0 Å². The predicted molar refractivity (Wildman–Crippen MR) is 66.1 cm³/mol. The highest BCUT2D eigenvalue weighted by Crippen LogP contribution is 2.10. The van der Waals surface area contributed by atoms with Crippen molar-refractivity contribution in [3.05, 3.63) is 12.7 Å². The molecule has 1 amide bonds. The van der Waals surface area contributed by atoms with Crippen molar-refractivity contribution in [2.75, 3.05) is 19.6 Å². The van der Waals surface area contributed by atoms with Crippen LogP contribution in [-0.4, -0.2) is 42.5 Å². The molecule has 0 bridgehead atoms. The van der Waals surface area contributed by atoms with Crippen LogP contribution in [0.15, 0.2) is 12.7 Å². The number of nitrogens with two attached hydrogens (primary N) is 1. The Balaban J connectivity index is 2.22. The molecule has 0 aromatic carbocycles. The molecule has 2 atom stereocenters. The van der Waals surface area contributed by atoms with Crippen molar-refractivity contribution in [1.82, 2.24) is 10.2 Å². The zero-order chi connectivity index (χ0) is 12.0. The molecular formula is C12H23N3O. The molecule has 1 rings (SSSR count). The smallest absolute Gasteiger partial charge is 0.237 e. The second-order valence-corrected chi connectivity index (χ2v) is 4.47. The molecule has 1 heterocycles. The van der Waals surface area contributed by atoms with Crippen LogP contribution >= 0.6 is 0 Å². The largest absolute Gasteiger partial charge is 0.353 e. The quantitative estimate of drug-likeness (QED) is 0.647. The predicted octanol–water partition coefficient (Wildman–Crippen LogP) is 0.490. The Morgan fingerprint density at radius 1 is 1.56 bits per heavy atom. The number of carbonyl (C=O) groups is 1. The second kappa shape index (κ2) is 6.66. The summed E-state index contributed by atoms with van der Waals surface area (Å²) < 4.78 is 0. The molecule has 1 saturated heterocycles. The van der Waals surface area contributed by atoms with E-state index in [0.29, 0.717) is 19.0 Å². The lowest BCUT2D eigenvalue weighted by atomic mass is 10.2. The molecule has 4 heteroatoms. The van der Waals surface area contributed by atoms with Gasteiger partial charge < -0.3 is 11.1 Å². The molecule has 0 saturated carbocycles. The van der Waals surface area contributed by atoms with Crippen LogP contribution in [0.1, 0.15) is 26.2 Å². The Labute approximate surface area is 97.9 Å². The lowest BCUT2D eigenvalue weighted by Crippen LogP contribution is -2.46. The zero-order valence-corrected chi connectivity index (χ0v) is 10.1. The first-order valence-electron chi connectivity index (χ1n) is 6.03. The number of hydrogen-bond acceptors (Lipinski definition) is 3. The van der Waals surface area contributed by atoms with Crippen LogP contribution in [0.3, 0.4) is 0 Å². The van der Waals surface area contributed by atoms with Crippen LogP contribution in [0.25, 0.3) is 0 Å². The third kappa shape index (κ3) is 3.94. The van der Waals surface area contributed by atoms with Crippen molar-refractivity contribution in [3.63, 3.8) is 0 Å². The summed E-state index contributed by atoms with van der Waals surface area (Å²) in [5.74, 6) is -0.0778. The minimum atomic E-state index is -0.455. The van der Waals surface area contributed by atoms with E-state index in [0.717, 1.165) is 13.1 Å². The van der Waals surface area contributed by atoms with Gasteiger partial charge in [-0.25, -0.2) is 0 Å². The summed E-state index contributed by atoms with van der Waals surface area (Å²) in [6, 6.07) is -0.0503. The summed E-state index contributed by atoms with van der Waals surface area (Å²) >= 11 is 0. The molecule has 1 fully saturated rings. The molecule has 0 aromatic heterocycles. The van der Waals surface area contributed by atoms with E-state index in [9.17, 15) is 4.79 Å². The summed E-state index contributed by atoms with van der Waals surface area (Å²) in [4.78, 5) is 14.0. The lowest BCUT2D eigenvalue weighted by Gasteiger charge is -2.24. The molecule has 3 N–H and O–H groups in total. The van der Waals surface area contributed by atoms with Gasteiger partial charge in [0.25, 0.3) is 0 Å². The number of hydrogen-bond donors (Lipinski definition) is 2. The van der Waals surface area contributed by atoms with Crippen molar-refractivity contribution < 1.29 is 4.79 Å². The first-order chi connectivity index (χ1) is 7.65. The van der Waals surface area contributed by atoms with Gasteiger partial charge in [0.1, 0.15) is 0 Å². The van der Waals surface area contributed by atoms with E-state index < -0.39 is 6.04 Å². The standard InChI is InChI=1S/C12H23N3O/c1-3-6-11(13)12(16)14-9-10(2)15-7-4-5-8-15/h3,10-11H,1,4-9,13H2,2H3,(H,14,16). The average molecular weight is 225 g/mol. The third-order valence-electron chi connectivity index (χ3n) is 3.09. The summed E-state index contributed by atoms with van der Waals surface area (Å²) in [6.45, 7) is 8.70. The molecule has 1 aliphatic heterocycles. The van der Waals surface area contributed by atoms with Gasteiger partial charge in [-0.1, -0.05) is 6.08 Å². The maximum absolute atomic E-state index is 11.5. The maximum Gasteiger partial charge on any atom is 0.237 e. The minimum Gasteiger partial charge on any atom is -0.353 e. The monoisotopic (exact) mass is 225 g/mol. The van der Waals surface area contributed by atoms with Gasteiger partial charge in [-0.15, -0.1) is 6.58 Å². The Kier molecular flexibility index (Phi) is 5.49. The molecule has 1 aliphatic rings. The van der Waals surface area contributed by atoms with Crippen LogP contribution in [-0.2, 0) is 4.79 Å². The van der Waals surface area contributed by atoms with E-state index in [4.69, 9.17) is 5.73 Å². The number of rotatable bonds is 6. The van der Waals surface area contributed by atoms with Gasteiger partial charge in [0.15, 0.2) is 0 Å². The van der Waals surface area contributed by atoms with Crippen LogP contribution in [0.5, 0.6) is 0 Å². The summed E-state index contributed by atoms with van der Waals surface area (Å²) in [5.41, 5.74) is 5.67. The van der Waals surface area contributed by atoms with E-state index in [1.54, 1.807) is 6.08 Å². The molecule has 0 radical (unpaired) electrons. The van der Waals surface area contributed by atoms with Crippen LogP contribution in [0.2, 0.25) is 0 Å². The summed E-state index contributed by atoms with van der Waals surface area (Å²) in [6.07, 6.45) is 4.75. The number of amides is 1. The lowest BCUT2D eigenvalue weighted by molar-refractivity contribution is -0.122. The van der Waals surface area contributed by atoms with Gasteiger partial charge in [0.05, 0.1) is 6.04 Å². The number of likely N-dealkylation sites (tertiary alicyclic amines) is 1. The van der Waals surface area contributed by atoms with E-state index >= 15 is 0 Å². The van der Waals surface area contributed by atoms with Gasteiger partial charge in [0.2, 0.25) is 5.91 Å². The Bertz CT molecular complexity index is 236. The SMILES string of the molecule is C=CCC(N)C(=O)NCC(C)N1CCCC1. The maximum atomic E-state index is 11.5. The van der Waals surface area contributed by atoms with Crippen LogP contribution < -0.4 is 11.1 Å². The van der Waals surface area contributed by atoms with E-state index in [-0.39, 0.29) is 5.91 Å². The van der Waals surface area contributed by atoms with Crippen molar-refractivity contribution in [3.8, 4) is 0 Å². The Hall–Kier alpha value is -0.870. The first kappa shape index (κ1) is 13.2. The number of carbonyl (C=O) groups excluding carboxylic acids is 1. The second-order valence-electron chi connectivity index (χ2n) is 4.47. The topological polar surface area (TPSA) is 58.4 Å². The highest BCUT2D eigenvalue weighted by Gasteiger charge is 2.19. The summed E-state index contributed by atoms with van der Waals surface area (Å²) in [7, 11) is 0. The fourth-order valence-corrected chi connectivity index (χ4v) is 1.98. The molecule has 0 spiro atoms. The van der Waals surface area contributed by atoms with Gasteiger partial charge in [-0.05, 0) is 39.3 Å².